The van der Waals surface area contributed by atoms with Crippen LogP contribution in [0.2, 0.25) is 0 Å². The lowest BCUT2D eigenvalue weighted by molar-refractivity contribution is -0.140. The Balaban J connectivity index is 1.29. The van der Waals surface area contributed by atoms with E-state index in [1.54, 1.807) is 4.90 Å². The molecular formula is C19H25N3O4. The van der Waals surface area contributed by atoms with Crippen LogP contribution < -0.4 is 10.6 Å². The van der Waals surface area contributed by atoms with Crippen LogP contribution in [0.1, 0.15) is 25.7 Å². The fourth-order valence-electron chi connectivity index (χ4n) is 3.89. The van der Waals surface area contributed by atoms with Crippen molar-refractivity contribution < 1.29 is 19.1 Å². The molecule has 0 aliphatic carbocycles. The van der Waals surface area contributed by atoms with Crippen molar-refractivity contribution in [2.45, 2.75) is 37.3 Å². The zero-order valence-corrected chi connectivity index (χ0v) is 14.8. The van der Waals surface area contributed by atoms with E-state index in [0.29, 0.717) is 32.5 Å². The molecule has 1 aromatic carbocycles. The van der Waals surface area contributed by atoms with Gasteiger partial charge >= 0.3 is 0 Å². The highest BCUT2D eigenvalue weighted by Crippen LogP contribution is 2.36. The molecule has 1 spiro atoms. The first-order chi connectivity index (χ1) is 12.7. The van der Waals surface area contributed by atoms with E-state index in [2.05, 4.69) is 10.6 Å². The van der Waals surface area contributed by atoms with Crippen molar-refractivity contribution in [1.29, 1.82) is 0 Å². The topological polar surface area (TPSA) is 79.9 Å². The quantitative estimate of drug-likeness (QED) is 0.854. The van der Waals surface area contributed by atoms with E-state index in [0.717, 1.165) is 30.8 Å². The number of rotatable bonds is 4. The summed E-state index contributed by atoms with van der Waals surface area (Å²) in [6.45, 7) is 2.43. The molecule has 1 atom stereocenters. The Morgan fingerprint density at radius 3 is 2.77 bits per heavy atom. The van der Waals surface area contributed by atoms with Crippen molar-refractivity contribution in [3.63, 3.8) is 0 Å². The highest BCUT2D eigenvalue weighted by atomic mass is 16.5. The van der Waals surface area contributed by atoms with Gasteiger partial charge in [-0.15, -0.1) is 0 Å². The predicted molar refractivity (Wildman–Crippen MR) is 97.0 cm³/mol. The number of benzene rings is 1. The third kappa shape index (κ3) is 3.41. The predicted octanol–water partition coefficient (Wildman–Crippen LogP) is 1.61. The average Bonchev–Trinajstić information content (AvgIpc) is 3.17. The van der Waals surface area contributed by atoms with E-state index in [9.17, 15) is 9.59 Å². The van der Waals surface area contributed by atoms with E-state index in [-0.39, 0.29) is 24.5 Å². The Kier molecular flexibility index (Phi) is 4.82. The summed E-state index contributed by atoms with van der Waals surface area (Å²) in [4.78, 5) is 26.8. The Labute approximate surface area is 153 Å². The first-order valence-corrected chi connectivity index (χ1v) is 9.32. The Morgan fingerprint density at radius 2 is 2.04 bits per heavy atom. The number of ether oxygens (including phenoxy) is 2. The van der Waals surface area contributed by atoms with E-state index in [1.807, 2.05) is 24.3 Å². The molecule has 2 fully saturated rings. The summed E-state index contributed by atoms with van der Waals surface area (Å²) in [5.41, 5.74) is 1.11. The summed E-state index contributed by atoms with van der Waals surface area (Å²) in [5, 5.41) is 6.39. The molecule has 2 saturated heterocycles. The smallest absolute Gasteiger partial charge is 0.250 e. The number of para-hydroxylation sites is 2. The lowest BCUT2D eigenvalue weighted by atomic mass is 9.84. The van der Waals surface area contributed by atoms with Crippen molar-refractivity contribution in [2.75, 3.05) is 43.5 Å². The molecule has 26 heavy (non-hydrogen) atoms. The molecule has 3 heterocycles. The second-order valence-corrected chi connectivity index (χ2v) is 7.24. The maximum Gasteiger partial charge on any atom is 0.250 e. The molecule has 0 unspecified atom stereocenters. The third-order valence-corrected chi connectivity index (χ3v) is 5.51. The number of fused-ring (bicyclic) bond motifs is 1. The number of anilines is 2. The SMILES string of the molecule is O=C(COC[C@H]1CCCO1)N1CCC2(CC1)Nc1ccccc1NC2=O. The largest absolute Gasteiger partial charge is 0.376 e. The number of carbonyl (C=O) groups is 2. The molecular weight excluding hydrogens is 334 g/mol. The second kappa shape index (κ2) is 7.25. The van der Waals surface area contributed by atoms with Gasteiger partial charge in [0.25, 0.3) is 0 Å². The lowest BCUT2D eigenvalue weighted by Crippen LogP contribution is -2.59. The molecule has 140 valence electrons. The molecule has 4 rings (SSSR count). The molecule has 0 saturated carbocycles. The Hall–Kier alpha value is -2.12. The minimum Gasteiger partial charge on any atom is -0.376 e. The summed E-state index contributed by atoms with van der Waals surface area (Å²) in [6.07, 6.45) is 3.37. The molecule has 7 nitrogen and oxygen atoms in total. The summed E-state index contributed by atoms with van der Waals surface area (Å²) < 4.78 is 11.0. The third-order valence-electron chi connectivity index (χ3n) is 5.51. The lowest BCUT2D eigenvalue weighted by Gasteiger charge is -2.44. The van der Waals surface area contributed by atoms with Crippen molar-refractivity contribution in [2.24, 2.45) is 0 Å². The van der Waals surface area contributed by atoms with Gasteiger partial charge in [0.2, 0.25) is 11.8 Å². The molecule has 2 amide bonds. The van der Waals surface area contributed by atoms with E-state index >= 15 is 0 Å². The van der Waals surface area contributed by atoms with Gasteiger partial charge in [0.15, 0.2) is 0 Å². The number of likely N-dealkylation sites (tertiary alicyclic amines) is 1. The summed E-state index contributed by atoms with van der Waals surface area (Å²) >= 11 is 0. The summed E-state index contributed by atoms with van der Waals surface area (Å²) in [6, 6.07) is 7.70. The van der Waals surface area contributed by atoms with Gasteiger partial charge in [-0.3, -0.25) is 9.59 Å². The standard InChI is InChI=1S/C19H25N3O4/c23-17(13-25-12-14-4-3-11-26-14)22-9-7-19(8-10-22)18(24)20-15-5-1-2-6-16(15)21-19/h1-2,5-6,14,21H,3-4,7-13H2,(H,20,24)/t14-/m1/s1. The molecule has 3 aliphatic heterocycles. The number of nitrogens with zero attached hydrogens (tertiary/aromatic N) is 1. The van der Waals surface area contributed by atoms with Crippen LogP contribution in [-0.4, -0.2) is 61.3 Å². The van der Waals surface area contributed by atoms with Crippen LogP contribution in [0.15, 0.2) is 24.3 Å². The van der Waals surface area contributed by atoms with Crippen LogP contribution in [0, 0.1) is 0 Å². The van der Waals surface area contributed by atoms with Gasteiger partial charge in [0.1, 0.15) is 12.1 Å². The van der Waals surface area contributed by atoms with Crippen molar-refractivity contribution in [1.82, 2.24) is 4.90 Å². The number of amides is 2. The van der Waals surface area contributed by atoms with E-state index < -0.39 is 5.54 Å². The fraction of sp³-hybridized carbons (Fsp3) is 0.579. The number of carbonyl (C=O) groups excluding carboxylic acids is 2. The van der Waals surface area contributed by atoms with Gasteiger partial charge in [-0.25, -0.2) is 0 Å². The van der Waals surface area contributed by atoms with Gasteiger partial charge in [0.05, 0.1) is 24.1 Å². The monoisotopic (exact) mass is 359 g/mol. The van der Waals surface area contributed by atoms with Gasteiger partial charge in [0, 0.05) is 19.7 Å². The maximum atomic E-state index is 12.6. The molecule has 0 aromatic heterocycles. The maximum absolute atomic E-state index is 12.6. The normalized spacial score (nSPS) is 24.1. The average molecular weight is 359 g/mol. The number of hydrogen-bond acceptors (Lipinski definition) is 5. The van der Waals surface area contributed by atoms with Gasteiger partial charge < -0.3 is 25.0 Å². The molecule has 3 aliphatic rings. The number of nitrogens with one attached hydrogen (secondary N) is 2. The van der Waals surface area contributed by atoms with Crippen LogP contribution in [0.3, 0.4) is 0 Å². The van der Waals surface area contributed by atoms with Gasteiger partial charge in [-0.05, 0) is 37.8 Å². The minimum atomic E-state index is -0.635. The second-order valence-electron chi connectivity index (χ2n) is 7.24. The van der Waals surface area contributed by atoms with Crippen LogP contribution in [0.5, 0.6) is 0 Å². The first-order valence-electron chi connectivity index (χ1n) is 9.32. The van der Waals surface area contributed by atoms with Crippen LogP contribution in [-0.2, 0) is 19.1 Å². The van der Waals surface area contributed by atoms with Gasteiger partial charge in [-0.1, -0.05) is 12.1 Å². The zero-order chi connectivity index (χ0) is 18.0. The number of hydrogen-bond donors (Lipinski definition) is 2. The fourth-order valence-corrected chi connectivity index (χ4v) is 3.89. The van der Waals surface area contributed by atoms with Crippen molar-refractivity contribution >= 4 is 23.2 Å². The van der Waals surface area contributed by atoms with Gasteiger partial charge in [-0.2, -0.15) is 0 Å². The van der Waals surface area contributed by atoms with E-state index in [4.69, 9.17) is 9.47 Å². The molecule has 7 heteroatoms. The number of piperidine rings is 1. The van der Waals surface area contributed by atoms with Crippen LogP contribution in [0.4, 0.5) is 11.4 Å². The van der Waals surface area contributed by atoms with Crippen LogP contribution in [0.25, 0.3) is 0 Å². The minimum absolute atomic E-state index is 0.0158. The Morgan fingerprint density at radius 1 is 1.27 bits per heavy atom. The molecule has 0 radical (unpaired) electrons. The van der Waals surface area contributed by atoms with E-state index in [1.165, 1.54) is 0 Å². The van der Waals surface area contributed by atoms with Crippen molar-refractivity contribution in [3.8, 4) is 0 Å². The Bertz CT molecular complexity index is 679. The molecule has 1 aromatic rings. The van der Waals surface area contributed by atoms with Crippen molar-refractivity contribution in [3.05, 3.63) is 24.3 Å². The molecule has 0 bridgehead atoms. The first kappa shape index (κ1) is 17.3. The summed E-state index contributed by atoms with van der Waals surface area (Å²) in [5.74, 6) is -0.0348. The summed E-state index contributed by atoms with van der Waals surface area (Å²) in [7, 11) is 0. The van der Waals surface area contributed by atoms with Crippen LogP contribution >= 0.6 is 0 Å². The molecule has 2 N–H and O–H groups in total. The zero-order valence-electron chi connectivity index (χ0n) is 14.8. The highest BCUT2D eigenvalue weighted by molar-refractivity contribution is 6.06. The highest BCUT2D eigenvalue weighted by Gasteiger charge is 2.44.